The summed E-state index contributed by atoms with van der Waals surface area (Å²) in [7, 11) is 0. The number of nitrogens with zero attached hydrogens (tertiary/aromatic N) is 3. The van der Waals surface area contributed by atoms with Gasteiger partial charge >= 0.3 is 0 Å². The van der Waals surface area contributed by atoms with Crippen LogP contribution in [0.1, 0.15) is 42.8 Å². The summed E-state index contributed by atoms with van der Waals surface area (Å²) in [5, 5.41) is 15.3. The monoisotopic (exact) mass is 477 g/mol. The zero-order valence-corrected chi connectivity index (χ0v) is 19.7. The summed E-state index contributed by atoms with van der Waals surface area (Å²) in [6, 6.07) is 9.18. The van der Waals surface area contributed by atoms with Gasteiger partial charge in [-0.15, -0.1) is 0 Å². The van der Waals surface area contributed by atoms with E-state index in [1.807, 2.05) is 25.1 Å². The number of imidazole rings is 1. The van der Waals surface area contributed by atoms with Crippen LogP contribution >= 0.6 is 0 Å². The number of H-pyrrole nitrogens is 2. The fourth-order valence-electron chi connectivity index (χ4n) is 5.31. The fourth-order valence-corrected chi connectivity index (χ4v) is 5.31. The highest BCUT2D eigenvalue weighted by molar-refractivity contribution is 5.93. The lowest BCUT2D eigenvalue weighted by atomic mass is 9.98. The van der Waals surface area contributed by atoms with E-state index in [4.69, 9.17) is 4.98 Å². The number of rotatable bonds is 6. The van der Waals surface area contributed by atoms with Crippen LogP contribution in [0.5, 0.6) is 0 Å². The van der Waals surface area contributed by atoms with Gasteiger partial charge in [-0.1, -0.05) is 0 Å². The Hall–Kier alpha value is -3.30. The lowest BCUT2D eigenvalue weighted by molar-refractivity contribution is 0.206. The van der Waals surface area contributed by atoms with Crippen LogP contribution in [-0.4, -0.2) is 44.7 Å². The molecule has 6 rings (SSSR count). The normalized spacial score (nSPS) is 17.7. The highest BCUT2D eigenvalue weighted by atomic mass is 19.1. The molecule has 1 atom stereocenters. The van der Waals surface area contributed by atoms with E-state index in [-0.39, 0.29) is 6.04 Å². The third-order valence-corrected chi connectivity index (χ3v) is 7.15. The Morgan fingerprint density at radius 1 is 1.09 bits per heavy atom. The molecule has 4 N–H and O–H groups in total. The Balaban J connectivity index is 1.19. The van der Waals surface area contributed by atoms with Gasteiger partial charge in [-0.05, 0) is 74.7 Å². The van der Waals surface area contributed by atoms with Gasteiger partial charge in [0.25, 0.3) is 0 Å². The molecule has 0 saturated carbocycles. The van der Waals surface area contributed by atoms with E-state index < -0.39 is 11.6 Å². The third-order valence-electron chi connectivity index (χ3n) is 7.15. The Morgan fingerprint density at radius 3 is 2.66 bits per heavy atom. The molecule has 1 saturated heterocycles. The van der Waals surface area contributed by atoms with Crippen molar-refractivity contribution < 1.29 is 8.78 Å². The van der Waals surface area contributed by atoms with Gasteiger partial charge in [0.1, 0.15) is 17.3 Å². The van der Waals surface area contributed by atoms with Crippen LogP contribution in [0.15, 0.2) is 36.4 Å². The molecule has 35 heavy (non-hydrogen) atoms. The van der Waals surface area contributed by atoms with Crippen molar-refractivity contribution >= 4 is 16.6 Å². The maximum absolute atomic E-state index is 13.6. The standard InChI is InChI=1S/C26H29F2N7/c1-15(17-8-18(27)10-19(28)9-17)30-20-2-3-22-21(11-20)25(34-33-22)26-31-23-13-35(14-24(23)32-26)12-16-4-6-29-7-5-16/h2-3,8-11,15-16,29-30H,4-7,12-14H2,1H3,(H,31,32)(H,33,34). The van der Waals surface area contributed by atoms with Crippen molar-refractivity contribution in [1.29, 1.82) is 0 Å². The smallest absolute Gasteiger partial charge is 0.159 e. The zero-order chi connectivity index (χ0) is 23.9. The van der Waals surface area contributed by atoms with Crippen LogP contribution in [0.2, 0.25) is 0 Å². The summed E-state index contributed by atoms with van der Waals surface area (Å²) in [4.78, 5) is 10.9. The number of anilines is 1. The summed E-state index contributed by atoms with van der Waals surface area (Å²) >= 11 is 0. The second-order valence-corrected chi connectivity index (χ2v) is 9.78. The van der Waals surface area contributed by atoms with Crippen LogP contribution in [0.3, 0.4) is 0 Å². The molecular weight excluding hydrogens is 448 g/mol. The molecule has 2 aliphatic rings. The summed E-state index contributed by atoms with van der Waals surface area (Å²) in [5.74, 6) is 0.357. The van der Waals surface area contributed by atoms with E-state index in [9.17, 15) is 8.78 Å². The van der Waals surface area contributed by atoms with Crippen LogP contribution < -0.4 is 10.6 Å². The number of piperidine rings is 1. The molecule has 0 spiro atoms. The van der Waals surface area contributed by atoms with Gasteiger partial charge in [0.2, 0.25) is 0 Å². The molecule has 1 unspecified atom stereocenters. The highest BCUT2D eigenvalue weighted by Gasteiger charge is 2.27. The molecule has 2 aromatic carbocycles. The SMILES string of the molecule is CC(Nc1ccc2[nH]nc(-c3nc4c([nH]3)CN(CC3CCNCC3)C4)c2c1)c1cc(F)cc(F)c1. The second kappa shape index (κ2) is 9.05. The first-order valence-corrected chi connectivity index (χ1v) is 12.2. The average molecular weight is 478 g/mol. The molecule has 182 valence electrons. The molecule has 7 nitrogen and oxygen atoms in total. The van der Waals surface area contributed by atoms with Crippen molar-refractivity contribution in [1.82, 2.24) is 30.4 Å². The Morgan fingerprint density at radius 2 is 1.89 bits per heavy atom. The maximum Gasteiger partial charge on any atom is 0.159 e. The molecule has 0 radical (unpaired) electrons. The van der Waals surface area contributed by atoms with Crippen LogP contribution in [0.4, 0.5) is 14.5 Å². The highest BCUT2D eigenvalue weighted by Crippen LogP contribution is 2.32. The second-order valence-electron chi connectivity index (χ2n) is 9.78. The first-order chi connectivity index (χ1) is 17.0. The minimum Gasteiger partial charge on any atom is -0.378 e. The summed E-state index contributed by atoms with van der Waals surface area (Å²) in [6.45, 7) is 6.99. The number of nitrogens with one attached hydrogen (secondary N) is 4. The largest absolute Gasteiger partial charge is 0.378 e. The van der Waals surface area contributed by atoms with Crippen LogP contribution in [-0.2, 0) is 13.1 Å². The first-order valence-electron chi connectivity index (χ1n) is 12.2. The lowest BCUT2D eigenvalue weighted by Crippen LogP contribution is -2.34. The van der Waals surface area contributed by atoms with Gasteiger partial charge in [-0.25, -0.2) is 13.8 Å². The van der Waals surface area contributed by atoms with Crippen molar-refractivity contribution in [2.24, 2.45) is 5.92 Å². The summed E-state index contributed by atoms with van der Waals surface area (Å²) in [6.07, 6.45) is 2.48. The van der Waals surface area contributed by atoms with Crippen molar-refractivity contribution in [2.75, 3.05) is 25.0 Å². The summed E-state index contributed by atoms with van der Waals surface area (Å²) in [5.41, 5.74) is 5.32. The molecule has 2 aliphatic heterocycles. The minimum atomic E-state index is -0.582. The molecular formula is C26H29F2N7. The number of hydrogen-bond donors (Lipinski definition) is 4. The lowest BCUT2D eigenvalue weighted by Gasteiger charge is -2.27. The number of aromatic nitrogens is 4. The Kier molecular flexibility index (Phi) is 5.74. The maximum atomic E-state index is 13.6. The van der Waals surface area contributed by atoms with Gasteiger partial charge in [-0.2, -0.15) is 5.10 Å². The van der Waals surface area contributed by atoms with Crippen molar-refractivity contribution in [3.05, 3.63) is 65.0 Å². The number of halogens is 2. The average Bonchev–Trinajstić information content (AvgIpc) is 3.52. The zero-order valence-electron chi connectivity index (χ0n) is 19.7. The molecule has 4 aromatic rings. The van der Waals surface area contributed by atoms with Crippen LogP contribution in [0.25, 0.3) is 22.4 Å². The number of aromatic amines is 2. The van der Waals surface area contributed by atoms with Gasteiger partial charge in [0, 0.05) is 42.8 Å². The first kappa shape index (κ1) is 22.2. The van der Waals surface area contributed by atoms with Crippen molar-refractivity contribution in [2.45, 2.75) is 38.9 Å². The third kappa shape index (κ3) is 4.53. The van der Waals surface area contributed by atoms with E-state index >= 15 is 0 Å². The quantitative estimate of drug-likeness (QED) is 0.323. The minimum absolute atomic E-state index is 0.272. The van der Waals surface area contributed by atoms with E-state index in [1.165, 1.54) is 30.7 Å². The van der Waals surface area contributed by atoms with Crippen molar-refractivity contribution in [3.63, 3.8) is 0 Å². The number of benzene rings is 2. The molecule has 1 fully saturated rings. The molecule has 9 heteroatoms. The predicted octanol–water partition coefficient (Wildman–Crippen LogP) is 4.72. The topological polar surface area (TPSA) is 84.7 Å². The van der Waals surface area contributed by atoms with E-state index in [0.29, 0.717) is 5.56 Å². The summed E-state index contributed by atoms with van der Waals surface area (Å²) < 4.78 is 27.3. The van der Waals surface area contributed by atoms with E-state index in [0.717, 1.165) is 78.5 Å². The van der Waals surface area contributed by atoms with Crippen molar-refractivity contribution in [3.8, 4) is 11.5 Å². The molecule has 2 aromatic heterocycles. The van der Waals surface area contributed by atoms with Gasteiger partial charge in [0.05, 0.1) is 16.9 Å². The van der Waals surface area contributed by atoms with Gasteiger partial charge in [-0.3, -0.25) is 10.00 Å². The predicted molar refractivity (Wildman–Crippen MR) is 132 cm³/mol. The number of hydrogen-bond acceptors (Lipinski definition) is 5. The number of fused-ring (bicyclic) bond motifs is 2. The van der Waals surface area contributed by atoms with Gasteiger partial charge < -0.3 is 15.6 Å². The Bertz CT molecular complexity index is 1310. The molecule has 0 aliphatic carbocycles. The van der Waals surface area contributed by atoms with E-state index in [2.05, 4.69) is 30.7 Å². The van der Waals surface area contributed by atoms with Crippen LogP contribution in [0, 0.1) is 17.6 Å². The van der Waals surface area contributed by atoms with E-state index in [1.54, 1.807) is 0 Å². The van der Waals surface area contributed by atoms with Gasteiger partial charge in [0.15, 0.2) is 5.82 Å². The molecule has 4 heterocycles. The fraction of sp³-hybridized carbons (Fsp3) is 0.385. The molecule has 0 amide bonds. The Labute approximate surface area is 202 Å². The molecule has 0 bridgehead atoms.